The Morgan fingerprint density at radius 2 is 2.26 bits per heavy atom. The van der Waals surface area contributed by atoms with E-state index in [0.717, 1.165) is 6.54 Å². The summed E-state index contributed by atoms with van der Waals surface area (Å²) in [6.45, 7) is 6.04. The first kappa shape index (κ1) is 13.5. The van der Waals surface area contributed by atoms with Crippen LogP contribution < -0.4 is 0 Å². The van der Waals surface area contributed by atoms with Crippen LogP contribution in [0, 0.1) is 11.8 Å². The Kier molecular flexibility index (Phi) is 3.82. The van der Waals surface area contributed by atoms with Gasteiger partial charge in [-0.2, -0.15) is 0 Å². The van der Waals surface area contributed by atoms with Crippen molar-refractivity contribution >= 4 is 11.9 Å². The van der Waals surface area contributed by atoms with Crippen molar-refractivity contribution in [2.75, 3.05) is 13.1 Å². The topological polar surface area (TPSA) is 88.3 Å². The van der Waals surface area contributed by atoms with Crippen LogP contribution in [0.5, 0.6) is 0 Å². The molecular weight excluding hydrogens is 248 g/mol. The number of amides is 1. The largest absolute Gasteiger partial charge is 0.476 e. The monoisotopic (exact) mass is 266 g/mol. The number of aromatic nitrogens is 3. The molecule has 0 aromatic carbocycles. The molecule has 1 atom stereocenters. The molecule has 0 aliphatic carbocycles. The van der Waals surface area contributed by atoms with Gasteiger partial charge >= 0.3 is 5.97 Å². The van der Waals surface area contributed by atoms with Crippen molar-refractivity contribution in [2.24, 2.45) is 11.8 Å². The summed E-state index contributed by atoms with van der Waals surface area (Å²) in [6, 6.07) is 0. The predicted octanol–water partition coefficient (Wildman–Crippen LogP) is 0.481. The average molecular weight is 266 g/mol. The van der Waals surface area contributed by atoms with Crippen LogP contribution in [-0.4, -0.2) is 50.0 Å². The van der Waals surface area contributed by atoms with Crippen LogP contribution in [0.3, 0.4) is 0 Å². The molecule has 1 aromatic rings. The lowest BCUT2D eigenvalue weighted by Crippen LogP contribution is -2.29. The van der Waals surface area contributed by atoms with Gasteiger partial charge in [0, 0.05) is 19.5 Å². The number of carbonyl (C=O) groups excluding carboxylic acids is 1. The molecule has 0 spiro atoms. The second kappa shape index (κ2) is 5.38. The SMILES string of the molecule is CC(C)C1CC(=O)N(CCn2cc(C(=O)O)nn2)C1. The third-order valence-corrected chi connectivity index (χ3v) is 3.54. The fraction of sp³-hybridized carbons (Fsp3) is 0.667. The highest BCUT2D eigenvalue weighted by Crippen LogP contribution is 2.24. The van der Waals surface area contributed by atoms with Gasteiger partial charge in [0.25, 0.3) is 0 Å². The molecule has 1 aromatic heterocycles. The second-order valence-electron chi connectivity index (χ2n) is 5.22. The first-order valence-electron chi connectivity index (χ1n) is 6.38. The van der Waals surface area contributed by atoms with Crippen LogP contribution in [0.2, 0.25) is 0 Å². The number of carboxylic acid groups (broad SMARTS) is 1. The summed E-state index contributed by atoms with van der Waals surface area (Å²) in [4.78, 5) is 24.3. The molecule has 1 unspecified atom stereocenters. The Balaban J connectivity index is 1.88. The van der Waals surface area contributed by atoms with E-state index in [1.165, 1.54) is 10.9 Å². The fourth-order valence-electron chi connectivity index (χ4n) is 2.19. The van der Waals surface area contributed by atoms with Crippen LogP contribution >= 0.6 is 0 Å². The zero-order valence-electron chi connectivity index (χ0n) is 11.1. The smallest absolute Gasteiger partial charge is 0.358 e. The fourth-order valence-corrected chi connectivity index (χ4v) is 2.19. The standard InChI is InChI=1S/C12H18N4O3/c1-8(2)9-5-11(17)15(6-9)3-4-16-7-10(12(18)19)13-14-16/h7-9H,3-6H2,1-2H3,(H,18,19). The average Bonchev–Trinajstić information content (AvgIpc) is 2.93. The van der Waals surface area contributed by atoms with Gasteiger partial charge in [-0.1, -0.05) is 19.1 Å². The molecule has 7 nitrogen and oxygen atoms in total. The van der Waals surface area contributed by atoms with Gasteiger partial charge in [-0.15, -0.1) is 5.10 Å². The lowest BCUT2D eigenvalue weighted by Gasteiger charge is -2.17. The molecule has 7 heteroatoms. The quantitative estimate of drug-likeness (QED) is 0.837. The van der Waals surface area contributed by atoms with E-state index < -0.39 is 5.97 Å². The summed E-state index contributed by atoms with van der Waals surface area (Å²) in [6.07, 6.45) is 1.98. The van der Waals surface area contributed by atoms with E-state index in [9.17, 15) is 9.59 Å². The van der Waals surface area contributed by atoms with E-state index >= 15 is 0 Å². The minimum atomic E-state index is -1.09. The molecule has 1 saturated heterocycles. The van der Waals surface area contributed by atoms with Gasteiger partial charge in [0.05, 0.1) is 12.7 Å². The number of hydrogen-bond donors (Lipinski definition) is 1. The summed E-state index contributed by atoms with van der Waals surface area (Å²) in [5, 5.41) is 16.0. The molecule has 0 bridgehead atoms. The minimum absolute atomic E-state index is 0.0761. The number of aromatic carboxylic acids is 1. The Morgan fingerprint density at radius 3 is 2.79 bits per heavy atom. The van der Waals surface area contributed by atoms with Gasteiger partial charge in [-0.3, -0.25) is 4.79 Å². The van der Waals surface area contributed by atoms with Crippen LogP contribution in [0.4, 0.5) is 0 Å². The third-order valence-electron chi connectivity index (χ3n) is 3.54. The van der Waals surface area contributed by atoms with Crippen molar-refractivity contribution < 1.29 is 14.7 Å². The lowest BCUT2D eigenvalue weighted by atomic mass is 9.95. The van der Waals surface area contributed by atoms with Crippen LogP contribution in [0.1, 0.15) is 30.8 Å². The van der Waals surface area contributed by atoms with E-state index in [1.807, 2.05) is 4.90 Å². The van der Waals surface area contributed by atoms with Crippen molar-refractivity contribution in [3.05, 3.63) is 11.9 Å². The molecule has 1 aliphatic rings. The van der Waals surface area contributed by atoms with E-state index in [4.69, 9.17) is 5.11 Å². The first-order valence-corrected chi connectivity index (χ1v) is 6.38. The number of hydrogen-bond acceptors (Lipinski definition) is 4. The van der Waals surface area contributed by atoms with Gasteiger partial charge in [-0.25, -0.2) is 9.48 Å². The molecule has 1 aliphatic heterocycles. The highest BCUT2D eigenvalue weighted by atomic mass is 16.4. The van der Waals surface area contributed by atoms with Crippen LogP contribution in [-0.2, 0) is 11.3 Å². The van der Waals surface area contributed by atoms with E-state index in [-0.39, 0.29) is 11.6 Å². The highest BCUT2D eigenvalue weighted by Gasteiger charge is 2.30. The van der Waals surface area contributed by atoms with Gasteiger partial charge in [0.1, 0.15) is 0 Å². The molecule has 0 saturated carbocycles. The molecule has 104 valence electrons. The minimum Gasteiger partial charge on any atom is -0.476 e. The Morgan fingerprint density at radius 1 is 1.53 bits per heavy atom. The van der Waals surface area contributed by atoms with Crippen molar-refractivity contribution in [3.8, 4) is 0 Å². The van der Waals surface area contributed by atoms with Gasteiger partial charge in [0.2, 0.25) is 5.91 Å². The molecule has 1 fully saturated rings. The van der Waals surface area contributed by atoms with Crippen molar-refractivity contribution in [2.45, 2.75) is 26.8 Å². The first-order chi connectivity index (χ1) is 8.97. The Labute approximate surface area is 111 Å². The van der Waals surface area contributed by atoms with Gasteiger partial charge in [0.15, 0.2) is 5.69 Å². The number of rotatable bonds is 5. The van der Waals surface area contributed by atoms with E-state index in [2.05, 4.69) is 24.2 Å². The van der Waals surface area contributed by atoms with E-state index in [0.29, 0.717) is 31.3 Å². The summed E-state index contributed by atoms with van der Waals surface area (Å²) >= 11 is 0. The molecule has 1 amide bonds. The number of nitrogens with zero attached hydrogens (tertiary/aromatic N) is 4. The maximum Gasteiger partial charge on any atom is 0.358 e. The lowest BCUT2D eigenvalue weighted by molar-refractivity contribution is -0.127. The zero-order chi connectivity index (χ0) is 14.0. The number of carbonyl (C=O) groups is 2. The molecule has 2 heterocycles. The Hall–Kier alpha value is -1.92. The maximum absolute atomic E-state index is 11.8. The summed E-state index contributed by atoms with van der Waals surface area (Å²) in [5.74, 6) is -0.0163. The highest BCUT2D eigenvalue weighted by molar-refractivity contribution is 5.84. The predicted molar refractivity (Wildman–Crippen MR) is 66.5 cm³/mol. The van der Waals surface area contributed by atoms with Crippen molar-refractivity contribution in [1.82, 2.24) is 19.9 Å². The van der Waals surface area contributed by atoms with Gasteiger partial charge < -0.3 is 10.0 Å². The second-order valence-corrected chi connectivity index (χ2v) is 5.22. The summed E-state index contributed by atoms with van der Waals surface area (Å²) in [5.41, 5.74) is -0.0761. The summed E-state index contributed by atoms with van der Waals surface area (Å²) in [7, 11) is 0. The molecular formula is C12H18N4O3. The maximum atomic E-state index is 11.8. The third kappa shape index (κ3) is 3.10. The van der Waals surface area contributed by atoms with Crippen LogP contribution in [0.15, 0.2) is 6.20 Å². The Bertz CT molecular complexity index is 483. The molecule has 2 rings (SSSR count). The van der Waals surface area contributed by atoms with Crippen LogP contribution in [0.25, 0.3) is 0 Å². The number of carboxylic acids is 1. The van der Waals surface area contributed by atoms with Crippen molar-refractivity contribution in [3.63, 3.8) is 0 Å². The van der Waals surface area contributed by atoms with Crippen molar-refractivity contribution in [1.29, 1.82) is 0 Å². The summed E-state index contributed by atoms with van der Waals surface area (Å²) < 4.78 is 1.46. The number of likely N-dealkylation sites (tertiary alicyclic amines) is 1. The normalized spacial score (nSPS) is 19.4. The zero-order valence-corrected chi connectivity index (χ0v) is 11.1. The van der Waals surface area contributed by atoms with E-state index in [1.54, 1.807) is 0 Å². The van der Waals surface area contributed by atoms with Gasteiger partial charge in [-0.05, 0) is 11.8 Å². The molecule has 1 N–H and O–H groups in total. The molecule has 19 heavy (non-hydrogen) atoms. The molecule has 0 radical (unpaired) electrons.